The van der Waals surface area contributed by atoms with Gasteiger partial charge in [-0.2, -0.15) is 0 Å². The summed E-state index contributed by atoms with van der Waals surface area (Å²) in [6, 6.07) is 7.93. The van der Waals surface area contributed by atoms with E-state index < -0.39 is 0 Å². The van der Waals surface area contributed by atoms with E-state index in [1.54, 1.807) is 18.0 Å². The molecule has 0 saturated carbocycles. The van der Waals surface area contributed by atoms with Crippen LogP contribution >= 0.6 is 11.8 Å². The lowest BCUT2D eigenvalue weighted by atomic mass is 10.3. The lowest BCUT2D eigenvalue weighted by Gasteiger charge is -2.09. The zero-order chi connectivity index (χ0) is 16.2. The molecule has 1 aromatic carbocycles. The van der Waals surface area contributed by atoms with Crippen LogP contribution in [0.3, 0.4) is 0 Å². The van der Waals surface area contributed by atoms with Gasteiger partial charge in [-0.05, 0) is 19.1 Å². The van der Waals surface area contributed by atoms with E-state index in [1.807, 2.05) is 42.1 Å². The number of amides is 1. The van der Waals surface area contributed by atoms with Crippen LogP contribution in [0.25, 0.3) is 11.0 Å². The van der Waals surface area contributed by atoms with Gasteiger partial charge in [-0.25, -0.2) is 9.97 Å². The number of imidazole rings is 2. The molecular weight excluding hydrogens is 310 g/mol. The number of carbonyl (C=O) groups excluding carboxylic acids is 1. The maximum atomic E-state index is 12.0. The third-order valence-corrected chi connectivity index (χ3v) is 4.77. The van der Waals surface area contributed by atoms with Gasteiger partial charge in [-0.3, -0.25) is 4.79 Å². The molecule has 1 atom stereocenters. The van der Waals surface area contributed by atoms with Gasteiger partial charge in [0.2, 0.25) is 5.91 Å². The minimum atomic E-state index is 0.000890. The van der Waals surface area contributed by atoms with Gasteiger partial charge in [-0.1, -0.05) is 12.1 Å². The van der Waals surface area contributed by atoms with E-state index in [2.05, 4.69) is 27.2 Å². The van der Waals surface area contributed by atoms with Crippen molar-refractivity contribution in [1.29, 1.82) is 0 Å². The summed E-state index contributed by atoms with van der Waals surface area (Å²) in [7, 11) is 1.91. The number of para-hydroxylation sites is 2. The van der Waals surface area contributed by atoms with Crippen molar-refractivity contribution in [2.45, 2.75) is 18.7 Å². The Morgan fingerprint density at radius 3 is 3.00 bits per heavy atom. The van der Waals surface area contributed by atoms with Crippen LogP contribution in [-0.2, 0) is 18.4 Å². The fourth-order valence-corrected chi connectivity index (χ4v) is 3.01. The average molecular weight is 329 g/mol. The standard InChI is InChI=1S/C16H19N5OS/c1-11(16-19-12-5-3-4-6-13(12)20-16)23-10-15(22)18-9-14-17-7-8-21(14)2/h3-8,11H,9-10H2,1-2H3,(H,18,22)(H,19,20). The Morgan fingerprint density at radius 1 is 1.43 bits per heavy atom. The van der Waals surface area contributed by atoms with Gasteiger partial charge in [0.1, 0.15) is 11.6 Å². The Morgan fingerprint density at radius 2 is 2.26 bits per heavy atom. The van der Waals surface area contributed by atoms with Crippen molar-refractivity contribution in [1.82, 2.24) is 24.8 Å². The molecule has 0 bridgehead atoms. The van der Waals surface area contributed by atoms with Crippen molar-refractivity contribution in [2.75, 3.05) is 5.75 Å². The molecule has 0 saturated heterocycles. The first kappa shape index (κ1) is 15.6. The molecule has 0 aliphatic carbocycles. The number of aryl methyl sites for hydroxylation is 1. The number of rotatable bonds is 6. The normalized spacial score (nSPS) is 12.4. The van der Waals surface area contributed by atoms with Crippen LogP contribution in [0.15, 0.2) is 36.7 Å². The van der Waals surface area contributed by atoms with Crippen molar-refractivity contribution in [3.63, 3.8) is 0 Å². The van der Waals surface area contributed by atoms with Crippen LogP contribution in [0.2, 0.25) is 0 Å². The lowest BCUT2D eigenvalue weighted by Crippen LogP contribution is -2.26. The van der Waals surface area contributed by atoms with E-state index in [0.717, 1.165) is 22.7 Å². The van der Waals surface area contributed by atoms with E-state index in [0.29, 0.717) is 12.3 Å². The van der Waals surface area contributed by atoms with Gasteiger partial charge >= 0.3 is 0 Å². The summed E-state index contributed by atoms with van der Waals surface area (Å²) in [4.78, 5) is 24.0. The number of aromatic nitrogens is 4. The molecule has 3 rings (SSSR count). The number of nitrogens with zero attached hydrogens (tertiary/aromatic N) is 3. The Kier molecular flexibility index (Phi) is 4.66. The first-order valence-corrected chi connectivity index (χ1v) is 8.47. The third-order valence-electron chi connectivity index (χ3n) is 3.62. The van der Waals surface area contributed by atoms with Crippen LogP contribution < -0.4 is 5.32 Å². The molecule has 2 N–H and O–H groups in total. The minimum Gasteiger partial charge on any atom is -0.348 e. The molecule has 1 amide bonds. The molecule has 2 heterocycles. The zero-order valence-electron chi connectivity index (χ0n) is 13.1. The summed E-state index contributed by atoms with van der Waals surface area (Å²) in [6.45, 7) is 2.50. The molecule has 3 aromatic rings. The molecule has 7 heteroatoms. The highest BCUT2D eigenvalue weighted by atomic mass is 32.2. The predicted octanol–water partition coefficient (Wildman–Crippen LogP) is 2.41. The SMILES string of the molecule is CC(SCC(=O)NCc1nccn1C)c1nc2ccccc2[nH]1. The number of fused-ring (bicyclic) bond motifs is 1. The van der Waals surface area contributed by atoms with Gasteiger partial charge in [0.05, 0.1) is 28.6 Å². The maximum absolute atomic E-state index is 12.0. The second kappa shape index (κ2) is 6.87. The number of hydrogen-bond donors (Lipinski definition) is 2. The second-order valence-corrected chi connectivity index (χ2v) is 6.65. The second-order valence-electron chi connectivity index (χ2n) is 5.32. The number of aromatic amines is 1. The van der Waals surface area contributed by atoms with Crippen LogP contribution in [0.1, 0.15) is 23.8 Å². The summed E-state index contributed by atoms with van der Waals surface area (Å²) in [5, 5.41) is 3.01. The molecule has 120 valence electrons. The monoisotopic (exact) mass is 329 g/mol. The summed E-state index contributed by atoms with van der Waals surface area (Å²) in [6.07, 6.45) is 3.58. The van der Waals surface area contributed by atoms with Crippen molar-refractivity contribution in [3.05, 3.63) is 48.3 Å². The Labute approximate surface area is 138 Å². The van der Waals surface area contributed by atoms with Gasteiger partial charge in [0, 0.05) is 19.4 Å². The van der Waals surface area contributed by atoms with Crippen molar-refractivity contribution in [3.8, 4) is 0 Å². The summed E-state index contributed by atoms with van der Waals surface area (Å²) >= 11 is 1.56. The van der Waals surface area contributed by atoms with Crippen LogP contribution in [0.4, 0.5) is 0 Å². The first-order valence-electron chi connectivity index (χ1n) is 7.42. The minimum absolute atomic E-state index is 0.000890. The van der Waals surface area contributed by atoms with Crippen molar-refractivity contribution in [2.24, 2.45) is 7.05 Å². The highest BCUT2D eigenvalue weighted by Gasteiger charge is 2.13. The molecule has 2 aromatic heterocycles. The van der Waals surface area contributed by atoms with E-state index in [4.69, 9.17) is 0 Å². The summed E-state index contributed by atoms with van der Waals surface area (Å²) < 4.78 is 1.89. The zero-order valence-corrected chi connectivity index (χ0v) is 13.9. The summed E-state index contributed by atoms with van der Waals surface area (Å²) in [5.41, 5.74) is 1.98. The van der Waals surface area contributed by atoms with Crippen molar-refractivity contribution < 1.29 is 4.79 Å². The van der Waals surface area contributed by atoms with E-state index in [9.17, 15) is 4.79 Å². The fourth-order valence-electron chi connectivity index (χ4n) is 2.24. The maximum Gasteiger partial charge on any atom is 0.230 e. The van der Waals surface area contributed by atoms with Gasteiger partial charge < -0.3 is 14.9 Å². The number of H-pyrrole nitrogens is 1. The average Bonchev–Trinajstić information content (AvgIpc) is 3.16. The molecule has 0 aliphatic rings. The lowest BCUT2D eigenvalue weighted by molar-refractivity contribution is -0.118. The number of thioether (sulfide) groups is 1. The largest absolute Gasteiger partial charge is 0.348 e. The van der Waals surface area contributed by atoms with E-state index in [1.165, 1.54) is 0 Å². The molecule has 0 fully saturated rings. The topological polar surface area (TPSA) is 75.6 Å². The molecule has 0 radical (unpaired) electrons. The molecule has 6 nitrogen and oxygen atoms in total. The molecule has 23 heavy (non-hydrogen) atoms. The molecule has 1 unspecified atom stereocenters. The molecule has 0 spiro atoms. The number of carbonyl (C=O) groups is 1. The smallest absolute Gasteiger partial charge is 0.230 e. The quantitative estimate of drug-likeness (QED) is 0.728. The number of hydrogen-bond acceptors (Lipinski definition) is 4. The van der Waals surface area contributed by atoms with Gasteiger partial charge in [0.25, 0.3) is 0 Å². The third kappa shape index (κ3) is 3.73. The highest BCUT2D eigenvalue weighted by molar-refractivity contribution is 8.00. The van der Waals surface area contributed by atoms with E-state index in [-0.39, 0.29) is 11.2 Å². The molecule has 0 aliphatic heterocycles. The number of nitrogens with one attached hydrogen (secondary N) is 2. The summed E-state index contributed by atoms with van der Waals surface area (Å²) in [5.74, 6) is 2.13. The Bertz CT molecular complexity index is 777. The van der Waals surface area contributed by atoms with Gasteiger partial charge in [-0.15, -0.1) is 11.8 Å². The predicted molar refractivity (Wildman–Crippen MR) is 92.0 cm³/mol. The van der Waals surface area contributed by atoms with Crippen molar-refractivity contribution >= 4 is 28.7 Å². The van der Waals surface area contributed by atoms with Crippen LogP contribution in [0, 0.1) is 0 Å². The number of benzene rings is 1. The fraction of sp³-hybridized carbons (Fsp3) is 0.312. The highest BCUT2D eigenvalue weighted by Crippen LogP contribution is 2.27. The Hall–Kier alpha value is -2.28. The van der Waals surface area contributed by atoms with E-state index >= 15 is 0 Å². The van der Waals surface area contributed by atoms with Crippen LogP contribution in [0.5, 0.6) is 0 Å². The first-order chi connectivity index (χ1) is 11.1. The Balaban J connectivity index is 1.51. The van der Waals surface area contributed by atoms with Crippen LogP contribution in [-0.4, -0.2) is 31.2 Å². The van der Waals surface area contributed by atoms with Gasteiger partial charge in [0.15, 0.2) is 0 Å². The molecular formula is C16H19N5OS.